The average Bonchev–Trinajstić information content (AvgIpc) is 2.64. The summed E-state index contributed by atoms with van der Waals surface area (Å²) in [5.41, 5.74) is 1.59. The summed E-state index contributed by atoms with van der Waals surface area (Å²) >= 11 is 0. The number of rotatable bonds is 8. The molecule has 1 N–H and O–H groups in total. The lowest BCUT2D eigenvalue weighted by atomic mass is 10.0. The molecule has 0 saturated carbocycles. The molecule has 0 unspecified atom stereocenters. The van der Waals surface area contributed by atoms with Gasteiger partial charge < -0.3 is 19.8 Å². The van der Waals surface area contributed by atoms with Crippen LogP contribution in [0.5, 0.6) is 0 Å². The van der Waals surface area contributed by atoms with Gasteiger partial charge in [-0.15, -0.1) is 0 Å². The van der Waals surface area contributed by atoms with E-state index in [1.165, 1.54) is 21.3 Å². The zero-order valence-electron chi connectivity index (χ0n) is 14.4. The number of nitrogens with one attached hydrogen (secondary N) is 1. The number of carbonyl (C=O) groups is 1. The molecule has 0 saturated heterocycles. The van der Waals surface area contributed by atoms with Gasteiger partial charge in [-0.2, -0.15) is 5.26 Å². The Balaban J connectivity index is 3.02. The van der Waals surface area contributed by atoms with Crippen LogP contribution in [0.4, 0.5) is 0 Å². The third kappa shape index (κ3) is 5.62. The van der Waals surface area contributed by atoms with Crippen LogP contribution in [-0.2, 0) is 25.9 Å². The van der Waals surface area contributed by atoms with Crippen LogP contribution in [0.2, 0.25) is 0 Å². The van der Waals surface area contributed by atoms with Crippen LogP contribution in [-0.4, -0.2) is 44.3 Å². The highest BCUT2D eigenvalue weighted by Gasteiger charge is 2.17. The van der Waals surface area contributed by atoms with E-state index in [4.69, 9.17) is 14.9 Å². The van der Waals surface area contributed by atoms with Crippen LogP contribution in [0, 0.1) is 11.3 Å². The Kier molecular flexibility index (Phi) is 8.15. The summed E-state index contributed by atoms with van der Waals surface area (Å²) in [4.78, 5) is 26.5. The van der Waals surface area contributed by atoms with E-state index in [1.807, 2.05) is 6.07 Å². The van der Waals surface area contributed by atoms with Crippen molar-refractivity contribution in [1.82, 2.24) is 5.32 Å². The third-order valence-corrected chi connectivity index (χ3v) is 2.95. The average molecular weight is 345 g/mol. The molecule has 1 rings (SSSR count). The van der Waals surface area contributed by atoms with E-state index in [2.05, 4.69) is 25.6 Å². The number of amides is 1. The molecule has 0 aromatic heterocycles. The number of hydrogen-bond acceptors (Lipinski definition) is 8. The van der Waals surface area contributed by atoms with E-state index in [-0.39, 0.29) is 23.7 Å². The lowest BCUT2D eigenvalue weighted by Gasteiger charge is -2.10. The fraction of sp³-hybridized carbons (Fsp3) is 0.312. The number of nitrogens with zero attached hydrogens (tertiary/aromatic N) is 4. The first-order chi connectivity index (χ1) is 12.1. The highest BCUT2D eigenvalue weighted by atomic mass is 16.6. The van der Waals surface area contributed by atoms with E-state index in [0.29, 0.717) is 11.1 Å². The second kappa shape index (κ2) is 10.4. The van der Waals surface area contributed by atoms with Gasteiger partial charge in [0.25, 0.3) is 5.91 Å². The van der Waals surface area contributed by atoms with Gasteiger partial charge in [-0.05, 0) is 6.92 Å². The van der Waals surface area contributed by atoms with Crippen molar-refractivity contribution < 1.29 is 19.3 Å². The maximum absolute atomic E-state index is 12.0. The first-order valence-corrected chi connectivity index (χ1v) is 7.18. The molecule has 0 bridgehead atoms. The summed E-state index contributed by atoms with van der Waals surface area (Å²) in [5.74, 6) is -0.395. The van der Waals surface area contributed by atoms with Crippen LogP contribution in [0.3, 0.4) is 0 Å². The number of carbonyl (C=O) groups excluding carboxylic acids is 1. The van der Waals surface area contributed by atoms with Crippen molar-refractivity contribution >= 4 is 23.0 Å². The van der Waals surface area contributed by atoms with Gasteiger partial charge in [-0.25, -0.2) is 0 Å². The number of hydrogen-bond donors (Lipinski definition) is 1. The molecule has 0 aliphatic heterocycles. The van der Waals surface area contributed by atoms with Crippen LogP contribution < -0.4 is 5.32 Å². The molecule has 9 heteroatoms. The van der Waals surface area contributed by atoms with Gasteiger partial charge in [0, 0.05) is 18.2 Å². The first-order valence-electron chi connectivity index (χ1n) is 7.18. The van der Waals surface area contributed by atoms with Crippen molar-refractivity contribution in [2.75, 3.05) is 21.3 Å². The fourth-order valence-corrected chi connectivity index (χ4v) is 1.80. The standard InChI is InChI=1S/C16H19N5O4/c1-11(14(9-17)20-23-3)19-25-10-12-7-5-6-8-13(12)15(21-24-4)16(22)18-2/h5-8H,10H2,1-4H3,(H,18,22)/b19-11+,20-14+,21-15+. The van der Waals surface area contributed by atoms with Crippen LogP contribution >= 0.6 is 0 Å². The number of benzene rings is 1. The monoisotopic (exact) mass is 345 g/mol. The van der Waals surface area contributed by atoms with Crippen molar-refractivity contribution in [3.05, 3.63) is 35.4 Å². The fourth-order valence-electron chi connectivity index (χ4n) is 1.80. The largest absolute Gasteiger partial charge is 0.398 e. The molecule has 0 aliphatic carbocycles. The van der Waals surface area contributed by atoms with Crippen molar-refractivity contribution in [1.29, 1.82) is 5.26 Å². The topological polar surface area (TPSA) is 118 Å². The molecule has 9 nitrogen and oxygen atoms in total. The smallest absolute Gasteiger partial charge is 0.273 e. The summed E-state index contributed by atoms with van der Waals surface area (Å²) < 4.78 is 0. The van der Waals surface area contributed by atoms with Gasteiger partial charge in [-0.1, -0.05) is 39.7 Å². The van der Waals surface area contributed by atoms with E-state index in [0.717, 1.165) is 0 Å². The summed E-state index contributed by atoms with van der Waals surface area (Å²) in [6.45, 7) is 1.62. The number of nitriles is 1. The summed E-state index contributed by atoms with van der Waals surface area (Å²) in [6.07, 6.45) is 0. The van der Waals surface area contributed by atoms with Gasteiger partial charge in [0.05, 0.1) is 0 Å². The maximum Gasteiger partial charge on any atom is 0.273 e. The van der Waals surface area contributed by atoms with Crippen molar-refractivity contribution in [2.24, 2.45) is 15.5 Å². The molecule has 1 aromatic rings. The molecule has 1 aromatic carbocycles. The molecule has 25 heavy (non-hydrogen) atoms. The summed E-state index contributed by atoms with van der Waals surface area (Å²) in [5, 5.41) is 22.6. The third-order valence-electron chi connectivity index (χ3n) is 2.95. The van der Waals surface area contributed by atoms with Crippen LogP contribution in [0.15, 0.2) is 39.7 Å². The van der Waals surface area contributed by atoms with Crippen molar-refractivity contribution in [3.63, 3.8) is 0 Å². The second-order valence-corrected chi connectivity index (χ2v) is 4.54. The summed E-state index contributed by atoms with van der Waals surface area (Å²) in [7, 11) is 4.18. The SMILES string of the molecule is CNC(=O)/C(=N/OC)c1ccccc1CO/N=C(C)/C(C#N)=N/OC. The van der Waals surface area contributed by atoms with Crippen molar-refractivity contribution in [2.45, 2.75) is 13.5 Å². The predicted octanol–water partition coefficient (Wildman–Crippen LogP) is 1.20. The van der Waals surface area contributed by atoms with Crippen LogP contribution in [0.1, 0.15) is 18.1 Å². The van der Waals surface area contributed by atoms with Crippen LogP contribution in [0.25, 0.3) is 0 Å². The molecular formula is C16H19N5O4. The van der Waals surface area contributed by atoms with Crippen molar-refractivity contribution in [3.8, 4) is 6.07 Å². The lowest BCUT2D eigenvalue weighted by Crippen LogP contribution is -2.29. The minimum atomic E-state index is -0.395. The minimum Gasteiger partial charge on any atom is -0.398 e. The molecule has 1 amide bonds. The molecular weight excluding hydrogens is 326 g/mol. The highest BCUT2D eigenvalue weighted by molar-refractivity contribution is 6.47. The molecule has 0 radical (unpaired) electrons. The Morgan fingerprint density at radius 2 is 1.88 bits per heavy atom. The molecule has 0 spiro atoms. The lowest BCUT2D eigenvalue weighted by molar-refractivity contribution is -0.114. The Morgan fingerprint density at radius 3 is 2.48 bits per heavy atom. The predicted molar refractivity (Wildman–Crippen MR) is 92.0 cm³/mol. The molecule has 0 aliphatic rings. The number of likely N-dealkylation sites (N-methyl/N-ethyl adjacent to an activating group) is 1. The molecule has 0 heterocycles. The van der Waals surface area contributed by atoms with E-state index in [9.17, 15) is 4.79 Å². The quantitative estimate of drug-likeness (QED) is 0.561. The Hall–Kier alpha value is -3.41. The van der Waals surface area contributed by atoms with Gasteiger partial charge >= 0.3 is 0 Å². The van der Waals surface area contributed by atoms with Gasteiger partial charge in [0.2, 0.25) is 5.71 Å². The van der Waals surface area contributed by atoms with E-state index < -0.39 is 5.91 Å². The zero-order chi connectivity index (χ0) is 18.7. The minimum absolute atomic E-state index is 0.00257. The zero-order valence-corrected chi connectivity index (χ0v) is 14.4. The van der Waals surface area contributed by atoms with Gasteiger partial charge in [-0.3, -0.25) is 4.79 Å². The second-order valence-electron chi connectivity index (χ2n) is 4.54. The normalized spacial score (nSPS) is 12.2. The number of oxime groups is 3. The van der Waals surface area contributed by atoms with E-state index in [1.54, 1.807) is 31.2 Å². The van der Waals surface area contributed by atoms with E-state index >= 15 is 0 Å². The molecule has 0 fully saturated rings. The highest BCUT2D eigenvalue weighted by Crippen LogP contribution is 2.12. The van der Waals surface area contributed by atoms with Gasteiger partial charge in [0.1, 0.15) is 32.6 Å². The summed E-state index contributed by atoms with van der Waals surface area (Å²) in [6, 6.07) is 8.89. The maximum atomic E-state index is 12.0. The molecule has 132 valence electrons. The van der Waals surface area contributed by atoms with Gasteiger partial charge in [0.15, 0.2) is 5.71 Å². The Bertz CT molecular complexity index is 734. The first kappa shape index (κ1) is 19.6. The Morgan fingerprint density at radius 1 is 1.20 bits per heavy atom. The Labute approximate surface area is 145 Å². The molecule has 0 atom stereocenters.